The van der Waals surface area contributed by atoms with Gasteiger partial charge in [0.2, 0.25) is 0 Å². The zero-order valence-corrected chi connectivity index (χ0v) is 12.3. The van der Waals surface area contributed by atoms with Crippen molar-refractivity contribution < 1.29 is 22.7 Å². The summed E-state index contributed by atoms with van der Waals surface area (Å²) in [6.07, 6.45) is -0.825. The molecule has 1 amide bonds. The van der Waals surface area contributed by atoms with Gasteiger partial charge in [0.1, 0.15) is 0 Å². The van der Waals surface area contributed by atoms with Crippen molar-refractivity contribution >= 4 is 18.3 Å². The second-order valence-electron chi connectivity index (χ2n) is 4.22. The van der Waals surface area contributed by atoms with E-state index in [9.17, 15) is 18.0 Å². The number of para-hydroxylation sites is 1. The number of nitrogens with two attached hydrogens (primary N) is 1. The van der Waals surface area contributed by atoms with E-state index in [4.69, 9.17) is 10.5 Å². The predicted molar refractivity (Wildman–Crippen MR) is 75.4 cm³/mol. The molecule has 0 bridgehead atoms. The van der Waals surface area contributed by atoms with Crippen LogP contribution in [0, 0.1) is 5.82 Å². The molecule has 120 valence electrons. The Morgan fingerprint density at radius 3 is 2.57 bits per heavy atom. The summed E-state index contributed by atoms with van der Waals surface area (Å²) in [7, 11) is 0. The maximum atomic E-state index is 13.4. The number of benzene rings is 1. The molecular formula is C13H18ClF3N2O2. The van der Waals surface area contributed by atoms with E-state index in [1.807, 2.05) is 5.32 Å². The fraction of sp³-hybridized carbons (Fsp3) is 0.462. The van der Waals surface area contributed by atoms with Crippen LogP contribution in [-0.2, 0) is 4.79 Å². The Morgan fingerprint density at radius 2 is 2.05 bits per heavy atom. The van der Waals surface area contributed by atoms with Crippen molar-refractivity contribution in [3.05, 3.63) is 30.1 Å². The van der Waals surface area contributed by atoms with Crippen LogP contribution in [0.5, 0.6) is 5.75 Å². The molecule has 0 aromatic heterocycles. The first-order chi connectivity index (χ1) is 9.39. The van der Waals surface area contributed by atoms with E-state index < -0.39 is 36.8 Å². The molecule has 8 heteroatoms. The van der Waals surface area contributed by atoms with Gasteiger partial charge in [0.15, 0.2) is 17.7 Å². The van der Waals surface area contributed by atoms with Crippen LogP contribution in [-0.4, -0.2) is 31.0 Å². The van der Waals surface area contributed by atoms with Crippen LogP contribution in [0.15, 0.2) is 24.3 Å². The molecule has 0 saturated heterocycles. The monoisotopic (exact) mass is 326 g/mol. The summed E-state index contributed by atoms with van der Waals surface area (Å²) in [5.41, 5.74) is 4.86. The third-order valence-electron chi connectivity index (χ3n) is 2.59. The fourth-order valence-electron chi connectivity index (χ4n) is 1.42. The Kier molecular flexibility index (Phi) is 8.12. The quantitative estimate of drug-likeness (QED) is 0.806. The van der Waals surface area contributed by atoms with Crippen molar-refractivity contribution in [1.29, 1.82) is 0 Å². The van der Waals surface area contributed by atoms with Gasteiger partial charge in [-0.25, -0.2) is 13.2 Å². The minimum atomic E-state index is -3.17. The van der Waals surface area contributed by atoms with Crippen LogP contribution in [0.2, 0.25) is 0 Å². The largest absolute Gasteiger partial charge is 0.478 e. The molecule has 0 aliphatic carbocycles. The Labute approximate surface area is 127 Å². The molecule has 1 rings (SSSR count). The summed E-state index contributed by atoms with van der Waals surface area (Å²) in [6, 6.07) is 5.57. The number of ether oxygens (including phenoxy) is 1. The van der Waals surface area contributed by atoms with Gasteiger partial charge in [0.05, 0.1) is 13.1 Å². The first kappa shape index (κ1) is 19.5. The lowest BCUT2D eigenvalue weighted by molar-refractivity contribution is -0.130. The minimum absolute atomic E-state index is 0. The van der Waals surface area contributed by atoms with E-state index in [-0.39, 0.29) is 24.6 Å². The SMILES string of the molecule is CCC(Oc1ccccc1F)C(=O)NCC(F)(F)CN.Cl. The molecular weight excluding hydrogens is 309 g/mol. The molecule has 0 heterocycles. The molecule has 0 saturated carbocycles. The van der Waals surface area contributed by atoms with Crippen molar-refractivity contribution in [1.82, 2.24) is 5.32 Å². The van der Waals surface area contributed by atoms with Gasteiger partial charge in [0, 0.05) is 0 Å². The number of halogens is 4. The topological polar surface area (TPSA) is 64.3 Å². The molecule has 1 atom stereocenters. The molecule has 21 heavy (non-hydrogen) atoms. The molecule has 1 unspecified atom stereocenters. The van der Waals surface area contributed by atoms with Crippen LogP contribution in [0.4, 0.5) is 13.2 Å². The zero-order chi connectivity index (χ0) is 15.2. The highest BCUT2D eigenvalue weighted by molar-refractivity contribution is 5.85. The van der Waals surface area contributed by atoms with Crippen molar-refractivity contribution in [2.24, 2.45) is 5.73 Å². The summed E-state index contributed by atoms with van der Waals surface area (Å²) < 4.78 is 44.4. The average Bonchev–Trinajstić information content (AvgIpc) is 2.44. The third-order valence-corrected chi connectivity index (χ3v) is 2.59. The standard InChI is InChI=1S/C13H17F3N2O2.ClH/c1-2-10(12(19)18-8-13(15,16)7-17)20-11-6-4-3-5-9(11)14;/h3-6,10H,2,7-8,17H2,1H3,(H,18,19);1H. The summed E-state index contributed by atoms with van der Waals surface area (Å²) in [5, 5.41) is 2.05. The maximum Gasteiger partial charge on any atom is 0.277 e. The normalized spacial score (nSPS) is 12.2. The first-order valence-electron chi connectivity index (χ1n) is 6.16. The van der Waals surface area contributed by atoms with E-state index in [1.54, 1.807) is 13.0 Å². The summed E-state index contributed by atoms with van der Waals surface area (Å²) in [5.74, 6) is -4.62. The number of hydrogen-bond acceptors (Lipinski definition) is 3. The summed E-state index contributed by atoms with van der Waals surface area (Å²) in [4.78, 5) is 11.7. The highest BCUT2D eigenvalue weighted by atomic mass is 35.5. The number of hydrogen-bond donors (Lipinski definition) is 2. The van der Waals surface area contributed by atoms with E-state index in [1.165, 1.54) is 18.2 Å². The molecule has 1 aromatic carbocycles. The highest BCUT2D eigenvalue weighted by Gasteiger charge is 2.29. The number of rotatable bonds is 7. The van der Waals surface area contributed by atoms with Crippen molar-refractivity contribution in [3.63, 3.8) is 0 Å². The van der Waals surface area contributed by atoms with Gasteiger partial charge in [-0.1, -0.05) is 19.1 Å². The lowest BCUT2D eigenvalue weighted by Gasteiger charge is -2.20. The number of nitrogens with one attached hydrogen (secondary N) is 1. The lowest BCUT2D eigenvalue weighted by atomic mass is 10.2. The predicted octanol–water partition coefficient (Wildman–Crippen LogP) is 2.12. The zero-order valence-electron chi connectivity index (χ0n) is 11.4. The average molecular weight is 327 g/mol. The van der Waals surface area contributed by atoms with Gasteiger partial charge in [-0.3, -0.25) is 4.79 Å². The molecule has 3 N–H and O–H groups in total. The maximum absolute atomic E-state index is 13.4. The van der Waals surface area contributed by atoms with Gasteiger partial charge in [0.25, 0.3) is 11.8 Å². The molecule has 1 aromatic rings. The van der Waals surface area contributed by atoms with Gasteiger partial charge in [-0.2, -0.15) is 0 Å². The van der Waals surface area contributed by atoms with Crippen molar-refractivity contribution in [2.75, 3.05) is 13.1 Å². The van der Waals surface area contributed by atoms with Gasteiger partial charge in [-0.15, -0.1) is 12.4 Å². The Morgan fingerprint density at radius 1 is 1.43 bits per heavy atom. The van der Waals surface area contributed by atoms with Crippen LogP contribution in [0.25, 0.3) is 0 Å². The molecule has 0 fully saturated rings. The Bertz CT molecular complexity index is 461. The molecule has 0 spiro atoms. The molecule has 0 aliphatic heterocycles. The van der Waals surface area contributed by atoms with E-state index in [2.05, 4.69) is 0 Å². The van der Waals surface area contributed by atoms with Crippen LogP contribution in [0.1, 0.15) is 13.3 Å². The fourth-order valence-corrected chi connectivity index (χ4v) is 1.42. The highest BCUT2D eigenvalue weighted by Crippen LogP contribution is 2.18. The van der Waals surface area contributed by atoms with Gasteiger partial charge >= 0.3 is 0 Å². The van der Waals surface area contributed by atoms with E-state index >= 15 is 0 Å². The van der Waals surface area contributed by atoms with Gasteiger partial charge < -0.3 is 15.8 Å². The van der Waals surface area contributed by atoms with Crippen LogP contribution in [0.3, 0.4) is 0 Å². The lowest BCUT2D eigenvalue weighted by Crippen LogP contribution is -2.46. The second kappa shape index (κ2) is 8.74. The van der Waals surface area contributed by atoms with E-state index in [0.717, 1.165) is 0 Å². The molecule has 4 nitrogen and oxygen atoms in total. The van der Waals surface area contributed by atoms with Crippen molar-refractivity contribution in [3.8, 4) is 5.75 Å². The first-order valence-corrected chi connectivity index (χ1v) is 6.16. The number of carbonyl (C=O) groups is 1. The van der Waals surface area contributed by atoms with Gasteiger partial charge in [-0.05, 0) is 18.6 Å². The van der Waals surface area contributed by atoms with Crippen LogP contribution < -0.4 is 15.8 Å². The van der Waals surface area contributed by atoms with Crippen LogP contribution >= 0.6 is 12.4 Å². The number of amides is 1. The summed E-state index contributed by atoms with van der Waals surface area (Å²) >= 11 is 0. The van der Waals surface area contributed by atoms with E-state index in [0.29, 0.717) is 0 Å². The van der Waals surface area contributed by atoms with Crippen molar-refractivity contribution in [2.45, 2.75) is 25.4 Å². The smallest absolute Gasteiger partial charge is 0.277 e. The second-order valence-corrected chi connectivity index (χ2v) is 4.22. The number of carbonyl (C=O) groups excluding carboxylic acids is 1. The number of alkyl halides is 2. The Hall–Kier alpha value is -1.47. The molecule has 0 aliphatic rings. The summed E-state index contributed by atoms with van der Waals surface area (Å²) in [6.45, 7) is -0.107. The molecule has 0 radical (unpaired) electrons. The minimum Gasteiger partial charge on any atom is -0.478 e. The Balaban J connectivity index is 0.00000400. The third kappa shape index (κ3) is 6.22.